The fourth-order valence-electron chi connectivity index (χ4n) is 1.74. The maximum absolute atomic E-state index is 12.0. The van der Waals surface area contributed by atoms with Crippen LogP contribution in [-0.2, 0) is 20.3 Å². The quantitative estimate of drug-likeness (QED) is 0.843. The molecule has 0 radical (unpaired) electrons. The fourth-order valence-corrected chi connectivity index (χ4v) is 3.30. The third-order valence-electron chi connectivity index (χ3n) is 2.74. The molecule has 17 heavy (non-hydrogen) atoms. The van der Waals surface area contributed by atoms with Crippen LogP contribution in [0.1, 0.15) is 6.42 Å². The lowest BCUT2D eigenvalue weighted by Crippen LogP contribution is -2.21. The molecule has 0 saturated carbocycles. The highest BCUT2D eigenvalue weighted by Gasteiger charge is 2.25. The van der Waals surface area contributed by atoms with Crippen molar-refractivity contribution in [2.75, 3.05) is 19.0 Å². The van der Waals surface area contributed by atoms with Gasteiger partial charge in [0, 0.05) is 12.5 Å². The van der Waals surface area contributed by atoms with Crippen molar-refractivity contribution in [3.8, 4) is 0 Å². The van der Waals surface area contributed by atoms with Crippen molar-refractivity contribution in [2.45, 2.75) is 11.3 Å². The van der Waals surface area contributed by atoms with Crippen molar-refractivity contribution in [3.63, 3.8) is 0 Å². The van der Waals surface area contributed by atoms with Crippen LogP contribution in [0.5, 0.6) is 0 Å². The van der Waals surface area contributed by atoms with Crippen molar-refractivity contribution in [3.05, 3.63) is 29.3 Å². The van der Waals surface area contributed by atoms with E-state index >= 15 is 0 Å². The van der Waals surface area contributed by atoms with E-state index in [0.717, 1.165) is 6.42 Å². The van der Waals surface area contributed by atoms with Crippen LogP contribution in [0.25, 0.3) is 0 Å². The molecule has 0 N–H and O–H groups in total. The lowest BCUT2D eigenvalue weighted by Gasteiger charge is -2.07. The minimum absolute atomic E-state index is 0.000697. The van der Waals surface area contributed by atoms with Gasteiger partial charge in [-0.15, -0.1) is 0 Å². The van der Waals surface area contributed by atoms with Crippen molar-refractivity contribution in [1.29, 1.82) is 0 Å². The molecule has 1 aliphatic rings. The highest BCUT2D eigenvalue weighted by atomic mass is 35.5. The number of ether oxygens (including phenoxy) is 1. The molecule has 0 bridgehead atoms. The van der Waals surface area contributed by atoms with Gasteiger partial charge in [-0.05, 0) is 18.6 Å². The number of carbonyl (C=O) groups excluding carboxylic acids is 1. The SMILES string of the molecule is O=C(CS(=O)c1ccccc1Cl)C1CCOC1. The van der Waals surface area contributed by atoms with Gasteiger partial charge in [0.15, 0.2) is 5.78 Å². The smallest absolute Gasteiger partial charge is 0.151 e. The van der Waals surface area contributed by atoms with E-state index < -0.39 is 10.8 Å². The first-order valence-electron chi connectivity index (χ1n) is 5.42. The minimum atomic E-state index is -1.36. The van der Waals surface area contributed by atoms with Crippen LogP contribution < -0.4 is 0 Å². The monoisotopic (exact) mass is 272 g/mol. The van der Waals surface area contributed by atoms with Crippen LogP contribution in [0.2, 0.25) is 5.02 Å². The highest BCUT2D eigenvalue weighted by molar-refractivity contribution is 7.86. The zero-order chi connectivity index (χ0) is 12.3. The third-order valence-corrected chi connectivity index (χ3v) is 4.58. The number of Topliss-reactive ketones (excluding diaryl/α,β-unsaturated/α-hetero) is 1. The molecule has 1 aromatic carbocycles. The minimum Gasteiger partial charge on any atom is -0.381 e. The van der Waals surface area contributed by atoms with Crippen molar-refractivity contribution >= 4 is 28.2 Å². The number of hydrogen-bond donors (Lipinski definition) is 0. The lowest BCUT2D eigenvalue weighted by molar-refractivity contribution is -0.120. The van der Waals surface area contributed by atoms with Crippen LogP contribution in [0.3, 0.4) is 0 Å². The van der Waals surface area contributed by atoms with Crippen LogP contribution in [0, 0.1) is 5.92 Å². The molecule has 2 rings (SSSR count). The summed E-state index contributed by atoms with van der Waals surface area (Å²) < 4.78 is 17.1. The molecule has 1 fully saturated rings. The summed E-state index contributed by atoms with van der Waals surface area (Å²) >= 11 is 5.93. The van der Waals surface area contributed by atoms with Crippen LogP contribution in [0.4, 0.5) is 0 Å². The van der Waals surface area contributed by atoms with Crippen LogP contribution in [0.15, 0.2) is 29.2 Å². The van der Waals surface area contributed by atoms with Crippen LogP contribution in [-0.4, -0.2) is 29.0 Å². The van der Waals surface area contributed by atoms with Gasteiger partial charge in [0.2, 0.25) is 0 Å². The molecule has 5 heteroatoms. The molecule has 0 spiro atoms. The van der Waals surface area contributed by atoms with Crippen molar-refractivity contribution in [1.82, 2.24) is 0 Å². The topological polar surface area (TPSA) is 43.4 Å². The summed E-state index contributed by atoms with van der Waals surface area (Å²) in [5, 5.41) is 0.446. The average Bonchev–Trinajstić information content (AvgIpc) is 2.82. The van der Waals surface area contributed by atoms with Gasteiger partial charge in [0.05, 0.1) is 33.1 Å². The van der Waals surface area contributed by atoms with Gasteiger partial charge in [-0.2, -0.15) is 0 Å². The summed E-state index contributed by atoms with van der Waals surface area (Å²) in [6.07, 6.45) is 0.735. The maximum Gasteiger partial charge on any atom is 0.151 e. The molecule has 1 saturated heterocycles. The summed E-state index contributed by atoms with van der Waals surface area (Å²) in [5.74, 6) is -0.0696. The molecule has 0 amide bonds. The van der Waals surface area contributed by atoms with Gasteiger partial charge in [-0.25, -0.2) is 0 Å². The second-order valence-electron chi connectivity index (χ2n) is 3.95. The molecule has 3 nitrogen and oxygen atoms in total. The Morgan fingerprint density at radius 2 is 2.24 bits per heavy atom. The molecule has 2 atom stereocenters. The molecular weight excluding hydrogens is 260 g/mol. The highest BCUT2D eigenvalue weighted by Crippen LogP contribution is 2.21. The van der Waals surface area contributed by atoms with Gasteiger partial charge in [-0.3, -0.25) is 9.00 Å². The number of carbonyl (C=O) groups is 1. The third kappa shape index (κ3) is 3.15. The van der Waals surface area contributed by atoms with Gasteiger partial charge in [-0.1, -0.05) is 23.7 Å². The predicted molar refractivity (Wildman–Crippen MR) is 66.7 cm³/mol. The summed E-state index contributed by atoms with van der Waals surface area (Å²) in [6.45, 7) is 1.08. The summed E-state index contributed by atoms with van der Waals surface area (Å²) in [6, 6.07) is 6.91. The Balaban J connectivity index is 2.02. The Labute approximate surface area is 108 Å². The Morgan fingerprint density at radius 3 is 2.88 bits per heavy atom. The number of hydrogen-bond acceptors (Lipinski definition) is 3. The molecule has 0 aliphatic carbocycles. The lowest BCUT2D eigenvalue weighted by atomic mass is 10.1. The van der Waals surface area contributed by atoms with E-state index in [-0.39, 0.29) is 17.5 Å². The molecular formula is C12H13ClO3S. The van der Waals surface area contributed by atoms with Gasteiger partial charge >= 0.3 is 0 Å². The maximum atomic E-state index is 12.0. The van der Waals surface area contributed by atoms with E-state index in [1.807, 2.05) is 0 Å². The van der Waals surface area contributed by atoms with E-state index in [9.17, 15) is 9.00 Å². The Morgan fingerprint density at radius 1 is 1.47 bits per heavy atom. The summed E-state index contributed by atoms with van der Waals surface area (Å²) in [4.78, 5) is 12.4. The number of ketones is 1. The zero-order valence-corrected chi connectivity index (χ0v) is 10.8. The number of halogens is 1. The first-order chi connectivity index (χ1) is 8.18. The van der Waals surface area contributed by atoms with E-state index in [1.54, 1.807) is 24.3 Å². The number of rotatable bonds is 4. The van der Waals surface area contributed by atoms with E-state index in [4.69, 9.17) is 16.3 Å². The van der Waals surface area contributed by atoms with Gasteiger partial charge in [0.25, 0.3) is 0 Å². The molecule has 0 aromatic heterocycles. The largest absolute Gasteiger partial charge is 0.381 e. The summed E-state index contributed by atoms with van der Waals surface area (Å²) in [5.41, 5.74) is 0. The Kier molecular flexibility index (Phi) is 4.31. The fraction of sp³-hybridized carbons (Fsp3) is 0.417. The molecule has 1 heterocycles. The zero-order valence-electron chi connectivity index (χ0n) is 9.23. The second-order valence-corrected chi connectivity index (χ2v) is 5.77. The standard InChI is InChI=1S/C12H13ClO3S/c13-10-3-1-2-4-12(10)17(15)8-11(14)9-5-6-16-7-9/h1-4,9H,5-8H2. The van der Waals surface area contributed by atoms with E-state index in [2.05, 4.69) is 0 Å². The number of benzene rings is 1. The Bertz CT molecular complexity index is 441. The van der Waals surface area contributed by atoms with Crippen molar-refractivity contribution in [2.24, 2.45) is 5.92 Å². The normalized spacial score (nSPS) is 21.4. The second kappa shape index (κ2) is 5.76. The first kappa shape index (κ1) is 12.7. The average molecular weight is 273 g/mol. The first-order valence-corrected chi connectivity index (χ1v) is 7.11. The molecule has 2 unspecified atom stereocenters. The molecule has 1 aliphatic heterocycles. The molecule has 1 aromatic rings. The Hall–Kier alpha value is -0.710. The molecule has 92 valence electrons. The van der Waals surface area contributed by atoms with Crippen LogP contribution >= 0.6 is 11.6 Å². The predicted octanol–water partition coefficient (Wildman–Crippen LogP) is 2.05. The van der Waals surface area contributed by atoms with Gasteiger partial charge in [0.1, 0.15) is 0 Å². The van der Waals surface area contributed by atoms with E-state index in [0.29, 0.717) is 23.1 Å². The van der Waals surface area contributed by atoms with Gasteiger partial charge < -0.3 is 4.74 Å². The van der Waals surface area contributed by atoms with E-state index in [1.165, 1.54) is 0 Å². The van der Waals surface area contributed by atoms with Crippen molar-refractivity contribution < 1.29 is 13.7 Å². The summed E-state index contributed by atoms with van der Waals surface area (Å²) in [7, 11) is -1.36.